The SMILES string of the molecule is Cc1ccc(CC(=O)O)c(OCc2coc3c(OCC4CC4)cc(-c4cccc(CN)c4)cc23)c1. The maximum absolute atomic E-state index is 11.3. The Hall–Kier alpha value is -3.77. The summed E-state index contributed by atoms with van der Waals surface area (Å²) in [6, 6.07) is 17.9. The fraction of sp³-hybridized carbons (Fsp3) is 0.276. The topological polar surface area (TPSA) is 94.9 Å². The lowest BCUT2D eigenvalue weighted by Gasteiger charge is -2.12. The molecule has 180 valence electrons. The third kappa shape index (κ3) is 5.33. The van der Waals surface area contributed by atoms with Gasteiger partial charge in [-0.05, 0) is 72.2 Å². The maximum Gasteiger partial charge on any atom is 0.307 e. The second-order valence-electron chi connectivity index (χ2n) is 9.24. The van der Waals surface area contributed by atoms with E-state index >= 15 is 0 Å². The Morgan fingerprint density at radius 3 is 2.66 bits per heavy atom. The Morgan fingerprint density at radius 2 is 1.89 bits per heavy atom. The van der Waals surface area contributed by atoms with E-state index in [1.54, 1.807) is 12.3 Å². The van der Waals surface area contributed by atoms with E-state index in [9.17, 15) is 9.90 Å². The van der Waals surface area contributed by atoms with Crippen molar-refractivity contribution in [3.05, 3.63) is 83.1 Å². The summed E-state index contributed by atoms with van der Waals surface area (Å²) >= 11 is 0. The van der Waals surface area contributed by atoms with E-state index in [1.165, 1.54) is 12.8 Å². The average molecular weight is 472 g/mol. The highest BCUT2D eigenvalue weighted by Crippen LogP contribution is 2.38. The molecule has 1 aliphatic rings. The average Bonchev–Trinajstić information content (AvgIpc) is 3.60. The summed E-state index contributed by atoms with van der Waals surface area (Å²) < 4.78 is 18.3. The van der Waals surface area contributed by atoms with Gasteiger partial charge in [-0.3, -0.25) is 4.79 Å². The Bertz CT molecular complexity index is 1370. The summed E-state index contributed by atoms with van der Waals surface area (Å²) in [6.45, 7) is 3.35. The van der Waals surface area contributed by atoms with Gasteiger partial charge in [0.05, 0.1) is 19.3 Å². The van der Waals surface area contributed by atoms with Crippen LogP contribution in [0.5, 0.6) is 11.5 Å². The van der Waals surface area contributed by atoms with E-state index in [0.29, 0.717) is 36.0 Å². The highest BCUT2D eigenvalue weighted by molar-refractivity contribution is 5.91. The molecule has 1 saturated carbocycles. The molecule has 0 spiro atoms. The van der Waals surface area contributed by atoms with Crippen LogP contribution in [0.15, 0.2) is 65.3 Å². The van der Waals surface area contributed by atoms with Crippen LogP contribution in [0.1, 0.15) is 35.1 Å². The predicted molar refractivity (Wildman–Crippen MR) is 135 cm³/mol. The third-order valence-corrected chi connectivity index (χ3v) is 6.33. The molecule has 0 unspecified atom stereocenters. The number of hydrogen-bond acceptors (Lipinski definition) is 5. The summed E-state index contributed by atoms with van der Waals surface area (Å²) in [5.41, 5.74) is 12.2. The van der Waals surface area contributed by atoms with Gasteiger partial charge in [0.25, 0.3) is 0 Å². The Labute approximate surface area is 204 Å². The van der Waals surface area contributed by atoms with Crippen LogP contribution < -0.4 is 15.2 Å². The first kappa shape index (κ1) is 23.0. The van der Waals surface area contributed by atoms with Crippen LogP contribution >= 0.6 is 0 Å². The zero-order chi connectivity index (χ0) is 24.4. The van der Waals surface area contributed by atoms with Crippen LogP contribution in [-0.4, -0.2) is 17.7 Å². The van der Waals surface area contributed by atoms with Crippen molar-refractivity contribution in [2.24, 2.45) is 11.7 Å². The minimum absolute atomic E-state index is 0.0947. The van der Waals surface area contributed by atoms with Gasteiger partial charge in [0.1, 0.15) is 12.4 Å². The van der Waals surface area contributed by atoms with Crippen molar-refractivity contribution in [1.82, 2.24) is 0 Å². The number of nitrogens with two attached hydrogens (primary N) is 1. The normalized spacial score (nSPS) is 13.2. The number of ether oxygens (including phenoxy) is 2. The second kappa shape index (κ2) is 9.84. The van der Waals surface area contributed by atoms with E-state index < -0.39 is 5.97 Å². The number of aliphatic carboxylic acids is 1. The van der Waals surface area contributed by atoms with Crippen LogP contribution in [0.25, 0.3) is 22.1 Å². The number of carbonyl (C=O) groups is 1. The van der Waals surface area contributed by atoms with E-state index in [0.717, 1.165) is 39.0 Å². The first-order valence-electron chi connectivity index (χ1n) is 11.9. The molecule has 35 heavy (non-hydrogen) atoms. The van der Waals surface area contributed by atoms with Gasteiger partial charge in [0, 0.05) is 23.1 Å². The molecular weight excluding hydrogens is 442 g/mol. The second-order valence-corrected chi connectivity index (χ2v) is 9.24. The predicted octanol–water partition coefficient (Wildman–Crippen LogP) is 5.86. The van der Waals surface area contributed by atoms with Crippen LogP contribution in [0.3, 0.4) is 0 Å². The minimum Gasteiger partial charge on any atom is -0.489 e. The molecule has 1 heterocycles. The lowest BCUT2D eigenvalue weighted by Crippen LogP contribution is -2.04. The Balaban J connectivity index is 1.50. The summed E-state index contributed by atoms with van der Waals surface area (Å²) in [6.07, 6.45) is 4.01. The van der Waals surface area contributed by atoms with Gasteiger partial charge in [-0.2, -0.15) is 0 Å². The number of hydrogen-bond donors (Lipinski definition) is 2. The molecule has 0 aliphatic heterocycles. The summed E-state index contributed by atoms with van der Waals surface area (Å²) in [5, 5.41) is 10.2. The maximum atomic E-state index is 11.3. The number of fused-ring (bicyclic) bond motifs is 1. The molecule has 0 radical (unpaired) electrons. The number of aryl methyl sites for hydroxylation is 1. The molecule has 0 amide bonds. The molecule has 0 atom stereocenters. The number of benzene rings is 3. The van der Waals surface area contributed by atoms with Crippen molar-refractivity contribution in [3.63, 3.8) is 0 Å². The number of carboxylic acids is 1. The van der Waals surface area contributed by atoms with Crippen LogP contribution in [-0.2, 0) is 24.4 Å². The lowest BCUT2D eigenvalue weighted by atomic mass is 10.00. The van der Waals surface area contributed by atoms with Gasteiger partial charge >= 0.3 is 5.97 Å². The van der Waals surface area contributed by atoms with E-state index in [2.05, 4.69) is 18.2 Å². The van der Waals surface area contributed by atoms with Gasteiger partial charge in [0.2, 0.25) is 0 Å². The van der Waals surface area contributed by atoms with E-state index in [1.807, 2.05) is 37.3 Å². The third-order valence-electron chi connectivity index (χ3n) is 6.33. The highest BCUT2D eigenvalue weighted by Gasteiger charge is 2.23. The van der Waals surface area contributed by atoms with Gasteiger partial charge in [0.15, 0.2) is 11.3 Å². The van der Waals surface area contributed by atoms with Crippen LogP contribution in [0.4, 0.5) is 0 Å². The number of rotatable bonds is 10. The minimum atomic E-state index is -0.894. The smallest absolute Gasteiger partial charge is 0.307 e. The lowest BCUT2D eigenvalue weighted by molar-refractivity contribution is -0.136. The van der Waals surface area contributed by atoms with Crippen LogP contribution in [0.2, 0.25) is 0 Å². The first-order valence-corrected chi connectivity index (χ1v) is 11.9. The number of furan rings is 1. The largest absolute Gasteiger partial charge is 0.489 e. The fourth-order valence-electron chi connectivity index (χ4n) is 4.17. The van der Waals surface area contributed by atoms with E-state index in [-0.39, 0.29) is 13.0 Å². The zero-order valence-corrected chi connectivity index (χ0v) is 19.8. The van der Waals surface area contributed by atoms with Gasteiger partial charge in [-0.1, -0.05) is 30.3 Å². The molecule has 1 aromatic heterocycles. The summed E-state index contributed by atoms with van der Waals surface area (Å²) in [7, 11) is 0. The summed E-state index contributed by atoms with van der Waals surface area (Å²) in [4.78, 5) is 11.3. The van der Waals surface area contributed by atoms with Gasteiger partial charge in [-0.25, -0.2) is 0 Å². The van der Waals surface area contributed by atoms with Gasteiger partial charge in [-0.15, -0.1) is 0 Å². The number of carboxylic acid groups (broad SMARTS) is 1. The van der Waals surface area contributed by atoms with Gasteiger partial charge < -0.3 is 24.7 Å². The monoisotopic (exact) mass is 471 g/mol. The molecule has 3 aromatic carbocycles. The van der Waals surface area contributed by atoms with Crippen molar-refractivity contribution >= 4 is 16.9 Å². The molecule has 6 nitrogen and oxygen atoms in total. The molecule has 1 aliphatic carbocycles. The molecule has 5 rings (SSSR count). The van der Waals surface area contributed by atoms with Crippen molar-refractivity contribution in [3.8, 4) is 22.6 Å². The zero-order valence-electron chi connectivity index (χ0n) is 19.8. The fourth-order valence-corrected chi connectivity index (χ4v) is 4.17. The standard InChI is InChI=1S/C29H29NO5/c1-18-5-8-22(13-28(31)32)26(9-18)34-16-24-17-35-29-25(24)11-23(12-27(29)33-15-19-6-7-19)21-4-2-3-20(10-21)14-30/h2-5,8-12,17,19H,6-7,13-16,30H2,1H3,(H,31,32). The molecular formula is C29H29NO5. The van der Waals surface area contributed by atoms with Crippen molar-refractivity contribution in [2.45, 2.75) is 39.3 Å². The molecule has 3 N–H and O–H groups in total. The molecule has 4 aromatic rings. The molecule has 0 bridgehead atoms. The van der Waals surface area contributed by atoms with E-state index in [4.69, 9.17) is 19.6 Å². The summed E-state index contributed by atoms with van der Waals surface area (Å²) in [5.74, 6) is 1.00. The molecule has 1 fully saturated rings. The Morgan fingerprint density at radius 1 is 1.03 bits per heavy atom. The highest BCUT2D eigenvalue weighted by atomic mass is 16.5. The van der Waals surface area contributed by atoms with Crippen molar-refractivity contribution < 1.29 is 23.8 Å². The molecule has 6 heteroatoms. The van der Waals surface area contributed by atoms with Crippen LogP contribution in [0, 0.1) is 12.8 Å². The van der Waals surface area contributed by atoms with Crippen molar-refractivity contribution in [2.75, 3.05) is 6.61 Å². The Kier molecular flexibility index (Phi) is 6.47. The molecule has 0 saturated heterocycles. The first-order chi connectivity index (χ1) is 17.0. The van der Waals surface area contributed by atoms with Crippen molar-refractivity contribution in [1.29, 1.82) is 0 Å². The quantitative estimate of drug-likeness (QED) is 0.301.